The molecular weight excluding hydrogens is 328 g/mol. The number of aliphatic hydroxyl groups is 1. The van der Waals surface area contributed by atoms with E-state index < -0.39 is 0 Å². The van der Waals surface area contributed by atoms with Crippen LogP contribution < -0.4 is 5.32 Å². The van der Waals surface area contributed by atoms with Gasteiger partial charge in [-0.3, -0.25) is 4.90 Å². The zero-order valence-electron chi connectivity index (χ0n) is 16.2. The molecule has 1 aromatic carbocycles. The van der Waals surface area contributed by atoms with Gasteiger partial charge in [-0.2, -0.15) is 0 Å². The van der Waals surface area contributed by atoms with Crippen molar-refractivity contribution in [2.75, 3.05) is 53.4 Å². The Morgan fingerprint density at radius 3 is 2.35 bits per heavy atom. The molecule has 1 aromatic rings. The molecule has 1 aliphatic heterocycles. The lowest BCUT2D eigenvalue weighted by Crippen LogP contribution is -2.54. The maximum absolute atomic E-state index is 12.7. The first kappa shape index (κ1) is 19.1. The van der Waals surface area contributed by atoms with Gasteiger partial charge in [0.2, 0.25) is 0 Å². The zero-order chi connectivity index (χ0) is 18.7. The van der Waals surface area contributed by atoms with Crippen LogP contribution >= 0.6 is 0 Å². The van der Waals surface area contributed by atoms with E-state index in [4.69, 9.17) is 0 Å². The number of piperazine rings is 1. The molecule has 0 spiro atoms. The number of benzene rings is 1. The molecule has 2 aliphatic rings. The molecule has 1 atom stereocenters. The van der Waals surface area contributed by atoms with Gasteiger partial charge in [0.05, 0.1) is 11.6 Å². The highest BCUT2D eigenvalue weighted by molar-refractivity contribution is 5.76. The van der Waals surface area contributed by atoms with E-state index >= 15 is 0 Å². The highest BCUT2D eigenvalue weighted by Crippen LogP contribution is 2.45. The van der Waals surface area contributed by atoms with Crippen molar-refractivity contribution < 1.29 is 9.90 Å². The number of aliphatic hydroxyl groups excluding tert-OH is 1. The molecule has 1 saturated carbocycles. The molecule has 2 N–H and O–H groups in total. The first-order valence-corrected chi connectivity index (χ1v) is 9.57. The summed E-state index contributed by atoms with van der Waals surface area (Å²) in [5.41, 5.74) is 2.29. The number of hydrogen-bond donors (Lipinski definition) is 2. The van der Waals surface area contributed by atoms with Crippen LogP contribution in [0, 0.1) is 6.92 Å². The van der Waals surface area contributed by atoms with E-state index in [1.807, 2.05) is 23.9 Å². The third kappa shape index (κ3) is 4.75. The second kappa shape index (κ2) is 7.94. The summed E-state index contributed by atoms with van der Waals surface area (Å²) in [7, 11) is 3.93. The van der Waals surface area contributed by atoms with Gasteiger partial charge in [0.25, 0.3) is 0 Å². The third-order valence-electron chi connectivity index (χ3n) is 5.40. The summed E-state index contributed by atoms with van der Waals surface area (Å²) in [5, 5.41) is 13.3. The topological polar surface area (TPSA) is 59.1 Å². The minimum atomic E-state index is -0.346. The Labute approximate surface area is 156 Å². The smallest absolute Gasteiger partial charge is 0.318 e. The number of hydrogen-bond acceptors (Lipinski definition) is 4. The van der Waals surface area contributed by atoms with E-state index in [0.717, 1.165) is 25.9 Å². The predicted octanol–water partition coefficient (Wildman–Crippen LogP) is 1.23. The molecular formula is C20H32N4O2. The van der Waals surface area contributed by atoms with Crippen LogP contribution in [0.25, 0.3) is 0 Å². The summed E-state index contributed by atoms with van der Waals surface area (Å²) < 4.78 is 0. The Morgan fingerprint density at radius 1 is 1.19 bits per heavy atom. The van der Waals surface area contributed by atoms with Gasteiger partial charge in [0.15, 0.2) is 0 Å². The molecule has 1 aliphatic carbocycles. The van der Waals surface area contributed by atoms with Crippen molar-refractivity contribution in [1.29, 1.82) is 0 Å². The molecule has 1 saturated heterocycles. The molecule has 26 heavy (non-hydrogen) atoms. The predicted molar refractivity (Wildman–Crippen MR) is 103 cm³/mol. The lowest BCUT2D eigenvalue weighted by atomic mass is 10.0. The lowest BCUT2D eigenvalue weighted by molar-refractivity contribution is 0.0658. The maximum atomic E-state index is 12.7. The summed E-state index contributed by atoms with van der Waals surface area (Å²) >= 11 is 0. The number of β-amino-alcohol motifs (C(OH)–C–C–N with tert-alkyl or cyclic N) is 1. The van der Waals surface area contributed by atoms with Gasteiger partial charge in [-0.25, -0.2) is 4.79 Å². The van der Waals surface area contributed by atoms with Crippen molar-refractivity contribution in [2.45, 2.75) is 31.4 Å². The van der Waals surface area contributed by atoms with Crippen LogP contribution in [0.3, 0.4) is 0 Å². The van der Waals surface area contributed by atoms with Crippen LogP contribution in [0.15, 0.2) is 24.3 Å². The van der Waals surface area contributed by atoms with Gasteiger partial charge in [-0.15, -0.1) is 0 Å². The van der Waals surface area contributed by atoms with Crippen LogP contribution in [0.5, 0.6) is 0 Å². The van der Waals surface area contributed by atoms with Crippen LogP contribution in [0.1, 0.15) is 24.0 Å². The Kier molecular flexibility index (Phi) is 5.85. The van der Waals surface area contributed by atoms with Crippen LogP contribution in [-0.4, -0.2) is 85.3 Å². The SMILES string of the molecule is Cc1ccc(C2(NC(=O)N3CCN(CC(O)CN(C)C)CC3)CC2)cc1. The van der Waals surface area contributed by atoms with E-state index in [-0.39, 0.29) is 17.7 Å². The monoisotopic (exact) mass is 360 g/mol. The number of likely N-dealkylation sites (N-methyl/N-ethyl adjacent to an activating group) is 1. The average Bonchev–Trinajstić information content (AvgIpc) is 3.36. The number of urea groups is 1. The minimum Gasteiger partial charge on any atom is -0.390 e. The summed E-state index contributed by atoms with van der Waals surface area (Å²) in [4.78, 5) is 18.8. The molecule has 2 fully saturated rings. The quantitative estimate of drug-likeness (QED) is 0.801. The highest BCUT2D eigenvalue weighted by atomic mass is 16.3. The van der Waals surface area contributed by atoms with Crippen molar-refractivity contribution in [3.05, 3.63) is 35.4 Å². The molecule has 6 nitrogen and oxygen atoms in total. The molecule has 144 valence electrons. The molecule has 6 heteroatoms. The summed E-state index contributed by atoms with van der Waals surface area (Å²) in [6.07, 6.45) is 1.68. The zero-order valence-corrected chi connectivity index (χ0v) is 16.2. The molecule has 2 amide bonds. The van der Waals surface area contributed by atoms with Gasteiger partial charge < -0.3 is 20.2 Å². The second-order valence-corrected chi connectivity index (χ2v) is 8.08. The number of aryl methyl sites for hydroxylation is 1. The minimum absolute atomic E-state index is 0.0385. The van der Waals surface area contributed by atoms with E-state index in [0.29, 0.717) is 26.2 Å². The number of carbonyl (C=O) groups excluding carboxylic acids is 1. The van der Waals surface area contributed by atoms with Crippen LogP contribution in [0.2, 0.25) is 0 Å². The van der Waals surface area contributed by atoms with Crippen molar-refractivity contribution in [1.82, 2.24) is 20.0 Å². The lowest BCUT2D eigenvalue weighted by Gasteiger charge is -2.36. The van der Waals surface area contributed by atoms with Crippen LogP contribution in [-0.2, 0) is 5.54 Å². The highest BCUT2D eigenvalue weighted by Gasteiger charge is 2.46. The van der Waals surface area contributed by atoms with Gasteiger partial charge in [-0.1, -0.05) is 29.8 Å². The summed E-state index contributed by atoms with van der Waals surface area (Å²) in [5.74, 6) is 0. The Hall–Kier alpha value is -1.63. The largest absolute Gasteiger partial charge is 0.390 e. The fraction of sp³-hybridized carbons (Fsp3) is 0.650. The Morgan fingerprint density at radius 2 is 1.81 bits per heavy atom. The molecule has 3 rings (SSSR count). The van der Waals surface area contributed by atoms with E-state index in [1.165, 1.54) is 11.1 Å². The van der Waals surface area contributed by atoms with Gasteiger partial charge >= 0.3 is 6.03 Å². The van der Waals surface area contributed by atoms with Crippen molar-refractivity contribution in [2.24, 2.45) is 0 Å². The second-order valence-electron chi connectivity index (χ2n) is 8.08. The summed E-state index contributed by atoms with van der Waals surface area (Å²) in [6.45, 7) is 6.47. The number of nitrogens with one attached hydrogen (secondary N) is 1. The molecule has 0 bridgehead atoms. The normalized spacial score (nSPS) is 20.9. The molecule has 0 radical (unpaired) electrons. The van der Waals surface area contributed by atoms with Crippen LogP contribution in [0.4, 0.5) is 4.79 Å². The standard InChI is InChI=1S/C20H32N4O2/c1-16-4-6-17(7-5-16)20(8-9-20)21-19(26)24-12-10-23(11-13-24)15-18(25)14-22(2)3/h4-7,18,25H,8-15H2,1-3H3,(H,21,26). The number of carbonyl (C=O) groups is 1. The molecule has 1 heterocycles. The number of amides is 2. The first-order chi connectivity index (χ1) is 12.4. The van der Waals surface area contributed by atoms with E-state index in [2.05, 4.69) is 41.4 Å². The summed E-state index contributed by atoms with van der Waals surface area (Å²) in [6, 6.07) is 8.52. The first-order valence-electron chi connectivity index (χ1n) is 9.57. The fourth-order valence-corrected chi connectivity index (χ4v) is 3.68. The third-order valence-corrected chi connectivity index (χ3v) is 5.40. The molecule has 1 unspecified atom stereocenters. The van der Waals surface area contributed by atoms with E-state index in [1.54, 1.807) is 0 Å². The van der Waals surface area contributed by atoms with Gasteiger partial charge in [0, 0.05) is 39.3 Å². The fourth-order valence-electron chi connectivity index (χ4n) is 3.68. The number of rotatable bonds is 6. The van der Waals surface area contributed by atoms with Crippen molar-refractivity contribution in [3.8, 4) is 0 Å². The Balaban J connectivity index is 1.47. The number of nitrogens with zero attached hydrogens (tertiary/aromatic N) is 3. The van der Waals surface area contributed by atoms with Crippen molar-refractivity contribution >= 4 is 6.03 Å². The van der Waals surface area contributed by atoms with Gasteiger partial charge in [-0.05, 0) is 39.4 Å². The Bertz CT molecular complexity index is 605. The maximum Gasteiger partial charge on any atom is 0.318 e. The average molecular weight is 361 g/mol. The molecule has 0 aromatic heterocycles. The van der Waals surface area contributed by atoms with E-state index in [9.17, 15) is 9.90 Å². The van der Waals surface area contributed by atoms with Crippen molar-refractivity contribution in [3.63, 3.8) is 0 Å². The van der Waals surface area contributed by atoms with Gasteiger partial charge in [0.1, 0.15) is 0 Å².